The molecule has 0 saturated carbocycles. The van der Waals surface area contributed by atoms with E-state index in [1.54, 1.807) is 0 Å². The van der Waals surface area contributed by atoms with Gasteiger partial charge in [-0.2, -0.15) is 0 Å². The van der Waals surface area contributed by atoms with Crippen LogP contribution in [-0.2, 0) is 16.6 Å². The van der Waals surface area contributed by atoms with Gasteiger partial charge in [-0.05, 0) is 12.5 Å². The van der Waals surface area contributed by atoms with Gasteiger partial charge in [-0.1, -0.05) is 29.8 Å². The summed E-state index contributed by atoms with van der Waals surface area (Å²) in [4.78, 5) is 0. The number of sulfonamides is 1. The van der Waals surface area contributed by atoms with Crippen molar-refractivity contribution in [3.05, 3.63) is 35.4 Å². The number of nitrogens with zero attached hydrogens (tertiary/aromatic N) is 1. The Bertz CT molecular complexity index is 425. The van der Waals surface area contributed by atoms with E-state index in [0.717, 1.165) is 11.1 Å². The number of hydrogen-bond donors (Lipinski definition) is 1. The third-order valence-electron chi connectivity index (χ3n) is 2.35. The SMILES string of the molecule is Cc1ccc(CN(C)S(=O)(=O)CCO)cc1. The van der Waals surface area contributed by atoms with Crippen molar-refractivity contribution >= 4 is 10.0 Å². The lowest BCUT2D eigenvalue weighted by atomic mass is 10.1. The van der Waals surface area contributed by atoms with Crippen LogP contribution in [0.25, 0.3) is 0 Å². The zero-order valence-electron chi connectivity index (χ0n) is 9.55. The highest BCUT2D eigenvalue weighted by Crippen LogP contribution is 2.08. The predicted molar refractivity (Wildman–Crippen MR) is 63.5 cm³/mol. The molecule has 0 spiro atoms. The minimum Gasteiger partial charge on any atom is -0.395 e. The zero-order chi connectivity index (χ0) is 12.2. The summed E-state index contributed by atoms with van der Waals surface area (Å²) in [6.07, 6.45) is 0. The Balaban J connectivity index is 2.71. The van der Waals surface area contributed by atoms with Crippen molar-refractivity contribution in [1.29, 1.82) is 0 Å². The zero-order valence-corrected chi connectivity index (χ0v) is 10.4. The number of rotatable bonds is 5. The minimum atomic E-state index is -3.34. The van der Waals surface area contributed by atoms with E-state index in [-0.39, 0.29) is 12.4 Å². The first-order chi connectivity index (χ1) is 7.45. The Morgan fingerprint density at radius 2 is 1.81 bits per heavy atom. The van der Waals surface area contributed by atoms with E-state index >= 15 is 0 Å². The van der Waals surface area contributed by atoms with Crippen molar-refractivity contribution < 1.29 is 13.5 Å². The molecule has 1 aromatic carbocycles. The molecule has 0 heterocycles. The van der Waals surface area contributed by atoms with E-state index in [1.165, 1.54) is 11.4 Å². The number of aryl methyl sites for hydroxylation is 1. The predicted octanol–water partition coefficient (Wildman–Crippen LogP) is 0.749. The van der Waals surface area contributed by atoms with Gasteiger partial charge >= 0.3 is 0 Å². The van der Waals surface area contributed by atoms with Crippen molar-refractivity contribution in [2.45, 2.75) is 13.5 Å². The fraction of sp³-hybridized carbons (Fsp3) is 0.455. The van der Waals surface area contributed by atoms with Gasteiger partial charge in [-0.25, -0.2) is 12.7 Å². The van der Waals surface area contributed by atoms with E-state index in [0.29, 0.717) is 6.54 Å². The smallest absolute Gasteiger partial charge is 0.216 e. The fourth-order valence-electron chi connectivity index (χ4n) is 1.32. The van der Waals surface area contributed by atoms with Gasteiger partial charge in [-0.15, -0.1) is 0 Å². The number of aliphatic hydroxyl groups excluding tert-OH is 1. The first-order valence-corrected chi connectivity index (χ1v) is 6.67. The summed E-state index contributed by atoms with van der Waals surface area (Å²) in [6, 6.07) is 7.70. The molecule has 0 atom stereocenters. The van der Waals surface area contributed by atoms with Crippen LogP contribution in [0.2, 0.25) is 0 Å². The lowest BCUT2D eigenvalue weighted by Gasteiger charge is -2.16. The van der Waals surface area contributed by atoms with E-state index in [9.17, 15) is 8.42 Å². The molecule has 1 N–H and O–H groups in total. The van der Waals surface area contributed by atoms with Gasteiger partial charge in [0, 0.05) is 13.6 Å². The summed E-state index contributed by atoms with van der Waals surface area (Å²) in [5.74, 6) is -0.227. The first-order valence-electron chi connectivity index (χ1n) is 5.06. The minimum absolute atomic E-state index is 0.227. The van der Waals surface area contributed by atoms with Crippen molar-refractivity contribution in [3.63, 3.8) is 0 Å². The molecule has 1 aromatic rings. The molecule has 0 saturated heterocycles. The monoisotopic (exact) mass is 243 g/mol. The van der Waals surface area contributed by atoms with Crippen LogP contribution in [0.3, 0.4) is 0 Å². The van der Waals surface area contributed by atoms with Gasteiger partial charge in [0.15, 0.2) is 0 Å². The largest absolute Gasteiger partial charge is 0.395 e. The van der Waals surface area contributed by atoms with Crippen molar-refractivity contribution in [3.8, 4) is 0 Å². The Morgan fingerprint density at radius 3 is 2.31 bits per heavy atom. The highest BCUT2D eigenvalue weighted by Gasteiger charge is 2.16. The maximum atomic E-state index is 11.6. The Kier molecular flexibility index (Phi) is 4.46. The van der Waals surface area contributed by atoms with Gasteiger partial charge in [0.25, 0.3) is 0 Å². The highest BCUT2D eigenvalue weighted by molar-refractivity contribution is 7.89. The lowest BCUT2D eigenvalue weighted by Crippen LogP contribution is -2.30. The van der Waals surface area contributed by atoms with Gasteiger partial charge < -0.3 is 5.11 Å². The van der Waals surface area contributed by atoms with Gasteiger partial charge in [-0.3, -0.25) is 0 Å². The molecule has 0 radical (unpaired) electrons. The fourth-order valence-corrected chi connectivity index (χ4v) is 2.21. The average molecular weight is 243 g/mol. The maximum absolute atomic E-state index is 11.6. The highest BCUT2D eigenvalue weighted by atomic mass is 32.2. The summed E-state index contributed by atoms with van der Waals surface area (Å²) in [6.45, 7) is 1.97. The molecule has 0 unspecified atom stereocenters. The topological polar surface area (TPSA) is 57.6 Å². The van der Waals surface area contributed by atoms with Gasteiger partial charge in [0.2, 0.25) is 10.0 Å². The van der Waals surface area contributed by atoms with Crippen LogP contribution in [0.15, 0.2) is 24.3 Å². The van der Waals surface area contributed by atoms with E-state index < -0.39 is 10.0 Å². The van der Waals surface area contributed by atoms with Crippen LogP contribution >= 0.6 is 0 Å². The Labute approximate surface area is 96.6 Å². The lowest BCUT2D eigenvalue weighted by molar-refractivity contribution is 0.316. The second-order valence-corrected chi connectivity index (χ2v) is 5.98. The molecule has 0 aromatic heterocycles. The third kappa shape index (κ3) is 3.59. The molecule has 1 rings (SSSR count). The molecule has 0 amide bonds. The Morgan fingerprint density at radius 1 is 1.25 bits per heavy atom. The second kappa shape index (κ2) is 5.43. The third-order valence-corrected chi connectivity index (χ3v) is 4.13. The summed E-state index contributed by atoms with van der Waals surface area (Å²) in [5, 5.41) is 8.65. The molecule has 4 nitrogen and oxygen atoms in total. The molecular weight excluding hydrogens is 226 g/mol. The van der Waals surface area contributed by atoms with E-state index in [1.807, 2.05) is 31.2 Å². The normalized spacial score (nSPS) is 12.0. The summed E-state index contributed by atoms with van der Waals surface area (Å²) < 4.78 is 24.4. The number of benzene rings is 1. The molecule has 0 aliphatic carbocycles. The molecular formula is C11H17NO3S. The van der Waals surface area contributed by atoms with Crippen LogP contribution in [0, 0.1) is 6.92 Å². The van der Waals surface area contributed by atoms with Crippen LogP contribution in [-0.4, -0.2) is 37.2 Å². The molecule has 0 bridgehead atoms. The van der Waals surface area contributed by atoms with Crippen molar-refractivity contribution in [2.75, 3.05) is 19.4 Å². The maximum Gasteiger partial charge on any atom is 0.216 e. The standard InChI is InChI=1S/C11H17NO3S/c1-10-3-5-11(6-4-10)9-12(2)16(14,15)8-7-13/h3-6,13H,7-9H2,1-2H3. The van der Waals surface area contributed by atoms with Crippen molar-refractivity contribution in [1.82, 2.24) is 4.31 Å². The van der Waals surface area contributed by atoms with Crippen LogP contribution in [0.5, 0.6) is 0 Å². The van der Waals surface area contributed by atoms with Crippen LogP contribution < -0.4 is 0 Å². The first kappa shape index (κ1) is 13.2. The van der Waals surface area contributed by atoms with Crippen LogP contribution in [0.1, 0.15) is 11.1 Å². The summed E-state index contributed by atoms with van der Waals surface area (Å²) in [7, 11) is -1.82. The second-order valence-electron chi connectivity index (χ2n) is 3.78. The van der Waals surface area contributed by atoms with Gasteiger partial charge in [0.05, 0.1) is 12.4 Å². The quantitative estimate of drug-likeness (QED) is 0.830. The molecule has 0 aliphatic heterocycles. The molecule has 90 valence electrons. The Hall–Kier alpha value is -0.910. The van der Waals surface area contributed by atoms with E-state index in [4.69, 9.17) is 5.11 Å². The van der Waals surface area contributed by atoms with Crippen LogP contribution in [0.4, 0.5) is 0 Å². The molecule has 16 heavy (non-hydrogen) atoms. The summed E-state index contributed by atoms with van der Waals surface area (Å²) >= 11 is 0. The average Bonchev–Trinajstić information content (AvgIpc) is 2.21. The number of aliphatic hydroxyl groups is 1. The van der Waals surface area contributed by atoms with Crippen molar-refractivity contribution in [2.24, 2.45) is 0 Å². The molecule has 0 fully saturated rings. The van der Waals surface area contributed by atoms with E-state index in [2.05, 4.69) is 0 Å². The number of hydrogen-bond acceptors (Lipinski definition) is 3. The molecule has 0 aliphatic rings. The molecule has 5 heteroatoms. The summed E-state index contributed by atoms with van der Waals surface area (Å²) in [5.41, 5.74) is 2.08. The van der Waals surface area contributed by atoms with Gasteiger partial charge in [0.1, 0.15) is 0 Å².